The van der Waals surface area contributed by atoms with Gasteiger partial charge in [-0.25, -0.2) is 4.79 Å². The van der Waals surface area contributed by atoms with Crippen molar-refractivity contribution in [2.75, 3.05) is 18.9 Å². The van der Waals surface area contributed by atoms with Crippen LogP contribution in [-0.4, -0.2) is 36.1 Å². The Hall–Kier alpha value is -2.74. The van der Waals surface area contributed by atoms with Crippen molar-refractivity contribution in [2.24, 2.45) is 0 Å². The average Bonchev–Trinajstić information content (AvgIpc) is 2.61. The fourth-order valence-electron chi connectivity index (χ4n) is 2.23. The molecule has 0 aliphatic heterocycles. The third-order valence-electron chi connectivity index (χ3n) is 3.50. The van der Waals surface area contributed by atoms with E-state index in [0.29, 0.717) is 10.5 Å². The molecule has 0 saturated heterocycles. The van der Waals surface area contributed by atoms with Gasteiger partial charge in [0, 0.05) is 6.54 Å². The number of rotatable bonds is 6. The summed E-state index contributed by atoms with van der Waals surface area (Å²) in [4.78, 5) is 24.7. The third-order valence-corrected chi connectivity index (χ3v) is 3.84. The van der Waals surface area contributed by atoms with Gasteiger partial charge in [0.2, 0.25) is 0 Å². The largest absolute Gasteiger partial charge is 0.452 e. The van der Waals surface area contributed by atoms with Crippen LogP contribution in [0.4, 0.5) is 18.9 Å². The third kappa shape index (κ3) is 6.49. The number of nitrogens with two attached hydrogens (primary N) is 1. The Morgan fingerprint density at radius 1 is 1.11 bits per heavy atom. The van der Waals surface area contributed by atoms with Crippen LogP contribution in [0, 0.1) is 0 Å². The van der Waals surface area contributed by atoms with Gasteiger partial charge in [-0.3, -0.25) is 4.79 Å². The Kier molecular flexibility index (Phi) is 6.68. The van der Waals surface area contributed by atoms with E-state index in [-0.39, 0.29) is 22.8 Å². The lowest BCUT2D eigenvalue weighted by Crippen LogP contribution is -2.40. The van der Waals surface area contributed by atoms with Crippen LogP contribution in [-0.2, 0) is 16.1 Å². The summed E-state index contributed by atoms with van der Waals surface area (Å²) in [6, 6.07) is 12.2. The van der Waals surface area contributed by atoms with E-state index < -0.39 is 31.2 Å². The van der Waals surface area contributed by atoms with Gasteiger partial charge in [0.15, 0.2) is 6.61 Å². The first-order valence-electron chi connectivity index (χ1n) is 7.76. The molecule has 1 amide bonds. The molecule has 0 spiro atoms. The summed E-state index contributed by atoms with van der Waals surface area (Å²) >= 11 is 5.75. The van der Waals surface area contributed by atoms with E-state index in [9.17, 15) is 22.8 Å². The summed E-state index contributed by atoms with van der Waals surface area (Å²) in [6.45, 7) is -2.54. The van der Waals surface area contributed by atoms with E-state index in [1.807, 2.05) is 0 Å². The summed E-state index contributed by atoms with van der Waals surface area (Å²) in [5.41, 5.74) is 6.27. The Labute approximate surface area is 158 Å². The predicted molar refractivity (Wildman–Crippen MR) is 94.1 cm³/mol. The van der Waals surface area contributed by atoms with Gasteiger partial charge in [0.25, 0.3) is 5.91 Å². The highest BCUT2D eigenvalue weighted by Gasteiger charge is 2.33. The molecule has 0 aliphatic carbocycles. The highest BCUT2D eigenvalue weighted by molar-refractivity contribution is 6.33. The first-order valence-corrected chi connectivity index (χ1v) is 8.14. The number of ether oxygens (including phenoxy) is 1. The van der Waals surface area contributed by atoms with Gasteiger partial charge in [0.1, 0.15) is 6.54 Å². The second-order valence-electron chi connectivity index (χ2n) is 5.66. The van der Waals surface area contributed by atoms with Crippen molar-refractivity contribution in [3.05, 3.63) is 64.7 Å². The maximum Gasteiger partial charge on any atom is 0.406 e. The minimum Gasteiger partial charge on any atom is -0.452 e. The van der Waals surface area contributed by atoms with Crippen molar-refractivity contribution in [3.8, 4) is 0 Å². The summed E-state index contributed by atoms with van der Waals surface area (Å²) in [5.74, 6) is -1.86. The second kappa shape index (κ2) is 8.77. The van der Waals surface area contributed by atoms with E-state index >= 15 is 0 Å². The number of hydrogen-bond acceptors (Lipinski definition) is 4. The molecule has 0 saturated carbocycles. The van der Waals surface area contributed by atoms with Crippen LogP contribution in [0.3, 0.4) is 0 Å². The monoisotopic (exact) mass is 400 g/mol. The number of esters is 1. The van der Waals surface area contributed by atoms with Gasteiger partial charge in [-0.2, -0.15) is 13.2 Å². The Morgan fingerprint density at radius 3 is 2.37 bits per heavy atom. The van der Waals surface area contributed by atoms with E-state index in [1.54, 1.807) is 30.3 Å². The zero-order valence-electron chi connectivity index (χ0n) is 14.0. The lowest BCUT2D eigenvalue weighted by Gasteiger charge is -2.24. The van der Waals surface area contributed by atoms with Crippen LogP contribution in [0.2, 0.25) is 5.02 Å². The summed E-state index contributed by atoms with van der Waals surface area (Å²) < 4.78 is 43.2. The van der Waals surface area contributed by atoms with E-state index in [1.165, 1.54) is 18.2 Å². The quantitative estimate of drug-likeness (QED) is 0.593. The van der Waals surface area contributed by atoms with E-state index in [2.05, 4.69) is 0 Å². The molecule has 2 aromatic rings. The van der Waals surface area contributed by atoms with Gasteiger partial charge in [-0.15, -0.1) is 0 Å². The molecule has 0 radical (unpaired) electrons. The van der Waals surface area contributed by atoms with Crippen LogP contribution in [0.1, 0.15) is 15.9 Å². The molecule has 0 unspecified atom stereocenters. The van der Waals surface area contributed by atoms with Crippen molar-refractivity contribution in [2.45, 2.75) is 12.7 Å². The molecule has 27 heavy (non-hydrogen) atoms. The molecule has 0 atom stereocenters. The van der Waals surface area contributed by atoms with Crippen molar-refractivity contribution in [3.63, 3.8) is 0 Å². The predicted octanol–water partition coefficient (Wildman–Crippen LogP) is 3.67. The first-order chi connectivity index (χ1) is 12.7. The molecule has 0 bridgehead atoms. The molecule has 0 fully saturated rings. The number of carbonyl (C=O) groups is 2. The van der Waals surface area contributed by atoms with Gasteiger partial charge in [-0.1, -0.05) is 41.9 Å². The minimum atomic E-state index is -4.58. The summed E-state index contributed by atoms with van der Waals surface area (Å²) in [6.07, 6.45) is -4.58. The fourth-order valence-corrected chi connectivity index (χ4v) is 2.34. The molecule has 0 aromatic heterocycles. The number of carbonyl (C=O) groups excluding carboxylic acids is 2. The summed E-state index contributed by atoms with van der Waals surface area (Å²) in [7, 11) is 0. The molecule has 0 aliphatic rings. The van der Waals surface area contributed by atoms with Gasteiger partial charge in [-0.05, 0) is 23.8 Å². The zero-order chi connectivity index (χ0) is 20.0. The number of nitrogen functional groups attached to an aromatic ring is 1. The summed E-state index contributed by atoms with van der Waals surface area (Å²) in [5, 5.41) is 0.238. The van der Waals surface area contributed by atoms with E-state index in [0.717, 1.165) is 0 Å². The SMILES string of the molecule is Nc1cc(C(=O)OCC(=O)N(Cc2ccccc2)CC(F)(F)F)ccc1Cl. The smallest absolute Gasteiger partial charge is 0.406 e. The number of anilines is 1. The van der Waals surface area contributed by atoms with Crippen LogP contribution in [0.25, 0.3) is 0 Å². The lowest BCUT2D eigenvalue weighted by molar-refractivity contribution is -0.164. The van der Waals surface area contributed by atoms with Crippen molar-refractivity contribution in [1.29, 1.82) is 0 Å². The molecular weight excluding hydrogens is 385 g/mol. The molecule has 9 heteroatoms. The van der Waals surface area contributed by atoms with E-state index in [4.69, 9.17) is 22.1 Å². The molecule has 144 valence electrons. The molecule has 0 heterocycles. The Bertz CT molecular complexity index is 813. The first kappa shape index (κ1) is 20.6. The van der Waals surface area contributed by atoms with Crippen molar-refractivity contribution >= 4 is 29.2 Å². The number of hydrogen-bond donors (Lipinski definition) is 1. The normalized spacial score (nSPS) is 11.1. The fraction of sp³-hybridized carbons (Fsp3) is 0.222. The van der Waals surface area contributed by atoms with Crippen LogP contribution >= 0.6 is 11.6 Å². The highest BCUT2D eigenvalue weighted by Crippen LogP contribution is 2.21. The Balaban J connectivity index is 2.03. The number of halogens is 4. The second-order valence-corrected chi connectivity index (χ2v) is 6.07. The van der Waals surface area contributed by atoms with Gasteiger partial charge >= 0.3 is 12.1 Å². The number of benzene rings is 2. The minimum absolute atomic E-state index is 0.0372. The topological polar surface area (TPSA) is 72.6 Å². The van der Waals surface area contributed by atoms with Crippen molar-refractivity contribution in [1.82, 2.24) is 4.90 Å². The van der Waals surface area contributed by atoms with Gasteiger partial charge in [0.05, 0.1) is 16.3 Å². The zero-order valence-corrected chi connectivity index (χ0v) is 14.8. The standard InChI is InChI=1S/C18H16ClF3N2O3/c19-14-7-6-13(8-15(14)23)17(26)27-10-16(25)24(11-18(20,21)22)9-12-4-2-1-3-5-12/h1-8H,9-11,23H2. The number of alkyl halides is 3. The lowest BCUT2D eigenvalue weighted by atomic mass is 10.2. The maximum absolute atomic E-state index is 12.8. The van der Waals surface area contributed by atoms with Crippen LogP contribution < -0.4 is 5.73 Å². The Morgan fingerprint density at radius 2 is 1.78 bits per heavy atom. The van der Waals surface area contributed by atoms with Crippen LogP contribution in [0.15, 0.2) is 48.5 Å². The maximum atomic E-state index is 12.8. The van der Waals surface area contributed by atoms with Gasteiger partial charge < -0.3 is 15.4 Å². The molecule has 2 aromatic carbocycles. The van der Waals surface area contributed by atoms with Crippen molar-refractivity contribution < 1.29 is 27.5 Å². The van der Waals surface area contributed by atoms with Crippen LogP contribution in [0.5, 0.6) is 0 Å². The highest BCUT2D eigenvalue weighted by atomic mass is 35.5. The average molecular weight is 401 g/mol. The molecule has 2 N–H and O–H groups in total. The molecule has 5 nitrogen and oxygen atoms in total. The molecule has 2 rings (SSSR count). The molecular formula is C18H16ClF3N2O3. The number of nitrogens with zero attached hydrogens (tertiary/aromatic N) is 1. The number of amides is 1.